The van der Waals surface area contributed by atoms with E-state index in [0.717, 1.165) is 23.1 Å². The standard InChI is InChI=1S/C35H53N3O5/c1-8-24-13-9-10-14-27(24)29-21-25-17-18-26(22-28(25)38(29)7)42-19-11-15-30(39)31(40)16-12-20-43-32(41)35(6,34(4,5)37)23-33(2,3)36/h9-10,13-14,17-18,21-22,30-31,39-40H,8,11-12,15-16,19-20,23,36-37H2,1-7H3. The molecular weight excluding hydrogens is 542 g/mol. The molecule has 0 spiro atoms. The quantitative estimate of drug-likeness (QED) is 0.127. The first-order chi connectivity index (χ1) is 20.1. The van der Waals surface area contributed by atoms with Crippen LogP contribution in [0, 0.1) is 5.41 Å². The van der Waals surface area contributed by atoms with Crippen LogP contribution in [0.4, 0.5) is 0 Å². The van der Waals surface area contributed by atoms with E-state index in [1.165, 1.54) is 16.8 Å². The van der Waals surface area contributed by atoms with Crippen LogP contribution in [0.1, 0.15) is 79.2 Å². The predicted molar refractivity (Wildman–Crippen MR) is 174 cm³/mol. The number of ether oxygens (including phenoxy) is 2. The van der Waals surface area contributed by atoms with Gasteiger partial charge in [-0.25, -0.2) is 0 Å². The SMILES string of the molecule is CCc1ccccc1-c1cc2ccc(OCCCC(O)C(O)CCCOC(=O)C(C)(CC(C)(C)N)C(C)(C)N)cc2n1C. The van der Waals surface area contributed by atoms with Gasteiger partial charge in [-0.15, -0.1) is 0 Å². The highest BCUT2D eigenvalue weighted by atomic mass is 16.5. The molecule has 0 bridgehead atoms. The van der Waals surface area contributed by atoms with Gasteiger partial charge in [0.15, 0.2) is 0 Å². The highest BCUT2D eigenvalue weighted by Crippen LogP contribution is 2.38. The molecule has 8 nitrogen and oxygen atoms in total. The maximum absolute atomic E-state index is 13.0. The summed E-state index contributed by atoms with van der Waals surface area (Å²) in [5.74, 6) is 0.368. The number of fused-ring (bicyclic) bond motifs is 1. The molecule has 2 aromatic carbocycles. The zero-order valence-electron chi connectivity index (χ0n) is 27.2. The third kappa shape index (κ3) is 8.82. The number of rotatable bonds is 16. The first-order valence-electron chi connectivity index (χ1n) is 15.5. The van der Waals surface area contributed by atoms with Crippen molar-refractivity contribution < 1.29 is 24.5 Å². The van der Waals surface area contributed by atoms with Gasteiger partial charge in [-0.05, 0) is 96.9 Å². The summed E-state index contributed by atoms with van der Waals surface area (Å²) >= 11 is 0. The van der Waals surface area contributed by atoms with Gasteiger partial charge in [0.1, 0.15) is 5.75 Å². The number of nitrogens with two attached hydrogens (primary N) is 2. The summed E-state index contributed by atoms with van der Waals surface area (Å²) in [6.45, 7) is 11.8. The van der Waals surface area contributed by atoms with Crippen molar-refractivity contribution in [3.05, 3.63) is 54.1 Å². The molecule has 43 heavy (non-hydrogen) atoms. The molecule has 1 heterocycles. The number of nitrogens with zero attached hydrogens (tertiary/aromatic N) is 1. The van der Waals surface area contributed by atoms with E-state index in [9.17, 15) is 15.0 Å². The van der Waals surface area contributed by atoms with Crippen molar-refractivity contribution >= 4 is 16.9 Å². The van der Waals surface area contributed by atoms with Crippen molar-refractivity contribution in [2.75, 3.05) is 13.2 Å². The summed E-state index contributed by atoms with van der Waals surface area (Å²) in [5, 5.41) is 22.1. The molecule has 238 valence electrons. The Hall–Kier alpha value is -2.91. The van der Waals surface area contributed by atoms with Gasteiger partial charge >= 0.3 is 5.97 Å². The van der Waals surface area contributed by atoms with Gasteiger partial charge in [0, 0.05) is 40.8 Å². The van der Waals surface area contributed by atoms with Crippen molar-refractivity contribution in [3.8, 4) is 17.0 Å². The molecule has 0 radical (unpaired) electrons. The summed E-state index contributed by atoms with van der Waals surface area (Å²) in [4.78, 5) is 13.0. The molecular formula is C35H53N3O5. The molecule has 3 aromatic rings. The van der Waals surface area contributed by atoms with Crippen molar-refractivity contribution in [2.45, 2.75) is 103 Å². The molecule has 0 saturated carbocycles. The van der Waals surface area contributed by atoms with Crippen LogP contribution < -0.4 is 16.2 Å². The fourth-order valence-corrected chi connectivity index (χ4v) is 5.69. The predicted octanol–water partition coefficient (Wildman–Crippen LogP) is 5.48. The van der Waals surface area contributed by atoms with Gasteiger partial charge in [0.05, 0.1) is 36.4 Å². The van der Waals surface area contributed by atoms with Crippen molar-refractivity contribution in [1.82, 2.24) is 4.57 Å². The van der Waals surface area contributed by atoms with E-state index in [4.69, 9.17) is 20.9 Å². The average molecular weight is 596 g/mol. The molecule has 3 unspecified atom stereocenters. The molecule has 1 aromatic heterocycles. The molecule has 0 aliphatic rings. The number of hydrogen-bond acceptors (Lipinski definition) is 7. The zero-order valence-corrected chi connectivity index (χ0v) is 27.2. The lowest BCUT2D eigenvalue weighted by molar-refractivity contribution is -0.160. The van der Waals surface area contributed by atoms with Crippen LogP contribution in [-0.4, -0.2) is 57.2 Å². The van der Waals surface area contributed by atoms with Crippen LogP contribution in [0.25, 0.3) is 22.2 Å². The number of aromatic nitrogens is 1. The molecule has 3 atom stereocenters. The lowest BCUT2D eigenvalue weighted by atomic mass is 9.67. The minimum absolute atomic E-state index is 0.135. The Balaban J connectivity index is 1.44. The lowest BCUT2D eigenvalue weighted by Gasteiger charge is -2.42. The van der Waals surface area contributed by atoms with Crippen LogP contribution in [-0.2, 0) is 23.0 Å². The monoisotopic (exact) mass is 595 g/mol. The Labute approximate surface area is 257 Å². The topological polar surface area (TPSA) is 133 Å². The second-order valence-corrected chi connectivity index (χ2v) is 13.4. The van der Waals surface area contributed by atoms with Crippen molar-refractivity contribution in [2.24, 2.45) is 23.9 Å². The smallest absolute Gasteiger partial charge is 0.313 e. The lowest BCUT2D eigenvalue weighted by Crippen LogP contribution is -2.58. The summed E-state index contributed by atoms with van der Waals surface area (Å²) < 4.78 is 13.7. The summed E-state index contributed by atoms with van der Waals surface area (Å²) in [6, 6.07) is 16.8. The van der Waals surface area contributed by atoms with E-state index in [0.29, 0.717) is 38.7 Å². The maximum atomic E-state index is 13.0. The Morgan fingerprint density at radius 1 is 0.930 bits per heavy atom. The van der Waals surface area contributed by atoms with Crippen LogP contribution in [0.3, 0.4) is 0 Å². The highest BCUT2D eigenvalue weighted by molar-refractivity contribution is 5.88. The van der Waals surface area contributed by atoms with E-state index < -0.39 is 34.7 Å². The first kappa shape index (κ1) is 34.6. The van der Waals surface area contributed by atoms with E-state index in [1.807, 2.05) is 26.0 Å². The van der Waals surface area contributed by atoms with Gasteiger partial charge in [-0.3, -0.25) is 4.79 Å². The van der Waals surface area contributed by atoms with Crippen LogP contribution in [0.5, 0.6) is 5.75 Å². The second-order valence-electron chi connectivity index (χ2n) is 13.4. The Kier molecular flexibility index (Phi) is 11.5. The average Bonchev–Trinajstić information content (AvgIpc) is 3.26. The third-order valence-corrected chi connectivity index (χ3v) is 8.61. The zero-order chi connectivity index (χ0) is 32.0. The van der Waals surface area contributed by atoms with Gasteiger partial charge in [-0.2, -0.15) is 0 Å². The summed E-state index contributed by atoms with van der Waals surface area (Å²) in [7, 11) is 2.07. The van der Waals surface area contributed by atoms with E-state index in [1.54, 1.807) is 20.8 Å². The van der Waals surface area contributed by atoms with Gasteiger partial charge in [0.25, 0.3) is 0 Å². The van der Waals surface area contributed by atoms with Crippen LogP contribution >= 0.6 is 0 Å². The number of aliphatic hydroxyl groups is 2. The van der Waals surface area contributed by atoms with Gasteiger partial charge < -0.3 is 35.7 Å². The minimum atomic E-state index is -0.961. The molecule has 0 aliphatic carbocycles. The molecule has 0 saturated heterocycles. The molecule has 6 N–H and O–H groups in total. The Morgan fingerprint density at radius 2 is 1.56 bits per heavy atom. The largest absolute Gasteiger partial charge is 0.494 e. The maximum Gasteiger partial charge on any atom is 0.313 e. The summed E-state index contributed by atoms with van der Waals surface area (Å²) in [6.07, 6.45) is 1.27. The number of carbonyl (C=O) groups is 1. The molecule has 3 rings (SSSR count). The number of hydrogen-bond donors (Lipinski definition) is 4. The normalized spacial score (nSPS) is 15.2. The van der Waals surface area contributed by atoms with Crippen molar-refractivity contribution in [3.63, 3.8) is 0 Å². The van der Waals surface area contributed by atoms with E-state index >= 15 is 0 Å². The first-order valence-corrected chi connectivity index (χ1v) is 15.5. The fraction of sp³-hybridized carbons (Fsp3) is 0.571. The number of aryl methyl sites for hydroxylation is 2. The Bertz CT molecular complexity index is 1350. The number of esters is 1. The minimum Gasteiger partial charge on any atom is -0.494 e. The molecule has 0 amide bonds. The molecule has 0 aliphatic heterocycles. The summed E-state index contributed by atoms with van der Waals surface area (Å²) in [5.41, 5.74) is 15.0. The van der Waals surface area contributed by atoms with Gasteiger partial charge in [-0.1, -0.05) is 31.2 Å². The van der Waals surface area contributed by atoms with E-state index in [-0.39, 0.29) is 6.61 Å². The second kappa shape index (κ2) is 14.2. The van der Waals surface area contributed by atoms with Crippen LogP contribution in [0.15, 0.2) is 48.5 Å². The Morgan fingerprint density at radius 3 is 2.16 bits per heavy atom. The highest BCUT2D eigenvalue weighted by Gasteiger charge is 2.48. The van der Waals surface area contributed by atoms with Crippen LogP contribution in [0.2, 0.25) is 0 Å². The number of carbonyl (C=O) groups excluding carboxylic acids is 1. The fourth-order valence-electron chi connectivity index (χ4n) is 5.69. The number of benzene rings is 2. The molecule has 0 fully saturated rings. The van der Waals surface area contributed by atoms with E-state index in [2.05, 4.69) is 54.9 Å². The van der Waals surface area contributed by atoms with Gasteiger partial charge in [0.2, 0.25) is 0 Å². The third-order valence-electron chi connectivity index (χ3n) is 8.61. The van der Waals surface area contributed by atoms with Crippen molar-refractivity contribution in [1.29, 1.82) is 0 Å². The number of aliphatic hydroxyl groups excluding tert-OH is 2. The molecule has 8 heteroatoms.